The van der Waals surface area contributed by atoms with E-state index < -0.39 is 0 Å². The van der Waals surface area contributed by atoms with Crippen LogP contribution in [0.2, 0.25) is 0 Å². The first kappa shape index (κ1) is 15.4. The molecule has 0 bridgehead atoms. The average Bonchev–Trinajstić information content (AvgIpc) is 2.57. The summed E-state index contributed by atoms with van der Waals surface area (Å²) in [6.07, 6.45) is 3.98. The smallest absolute Gasteiger partial charge is 0.257 e. The molecule has 0 saturated carbocycles. The zero-order valence-corrected chi connectivity index (χ0v) is 14.0. The van der Waals surface area contributed by atoms with Gasteiger partial charge in [0.1, 0.15) is 0 Å². The van der Waals surface area contributed by atoms with E-state index in [0.717, 1.165) is 22.1 Å². The number of rotatable bonds is 4. The molecule has 0 fully saturated rings. The van der Waals surface area contributed by atoms with Gasteiger partial charge in [-0.1, -0.05) is 48.5 Å². The van der Waals surface area contributed by atoms with Crippen molar-refractivity contribution in [2.24, 2.45) is 0 Å². The highest BCUT2D eigenvalue weighted by molar-refractivity contribution is 9.10. The van der Waals surface area contributed by atoms with Crippen LogP contribution >= 0.6 is 15.9 Å². The summed E-state index contributed by atoms with van der Waals surface area (Å²) >= 11 is 3.33. The Bertz CT molecular complexity index is 818. The molecule has 3 aromatic rings. The minimum absolute atomic E-state index is 0.167. The van der Waals surface area contributed by atoms with Crippen molar-refractivity contribution in [1.82, 2.24) is 4.98 Å². The number of hydrogen-bond donors (Lipinski definition) is 1. The van der Waals surface area contributed by atoms with E-state index in [1.165, 1.54) is 5.56 Å². The number of pyridine rings is 1. The van der Waals surface area contributed by atoms with E-state index in [9.17, 15) is 4.79 Å². The molecular formula is C19H15BrN2O. The molecule has 3 nitrogen and oxygen atoms in total. The van der Waals surface area contributed by atoms with E-state index in [1.54, 1.807) is 18.5 Å². The zero-order valence-electron chi connectivity index (χ0n) is 12.4. The fraction of sp³-hybridized carbons (Fsp3) is 0.0526. The van der Waals surface area contributed by atoms with Crippen LogP contribution in [0.25, 0.3) is 0 Å². The van der Waals surface area contributed by atoms with Gasteiger partial charge in [0.05, 0.1) is 5.56 Å². The third kappa shape index (κ3) is 4.05. The number of halogens is 1. The SMILES string of the molecule is O=C(Nc1ccccc1Cc1ccccc1)c1cncc(Br)c1. The van der Waals surface area contributed by atoms with Gasteiger partial charge in [0.25, 0.3) is 5.91 Å². The van der Waals surface area contributed by atoms with E-state index in [2.05, 4.69) is 38.4 Å². The van der Waals surface area contributed by atoms with Crippen molar-refractivity contribution in [3.05, 3.63) is 94.2 Å². The fourth-order valence-corrected chi connectivity index (χ4v) is 2.71. The lowest BCUT2D eigenvalue weighted by molar-refractivity contribution is 0.102. The first-order chi connectivity index (χ1) is 11.2. The molecule has 0 unspecified atom stereocenters. The van der Waals surface area contributed by atoms with Crippen molar-refractivity contribution in [1.29, 1.82) is 0 Å². The van der Waals surface area contributed by atoms with Gasteiger partial charge in [-0.25, -0.2) is 0 Å². The Hall–Kier alpha value is -2.46. The maximum absolute atomic E-state index is 12.4. The number of carbonyl (C=O) groups is 1. The van der Waals surface area contributed by atoms with Crippen LogP contribution in [0.5, 0.6) is 0 Å². The van der Waals surface area contributed by atoms with Crippen molar-refractivity contribution in [3.8, 4) is 0 Å². The quantitative estimate of drug-likeness (QED) is 0.727. The lowest BCUT2D eigenvalue weighted by Crippen LogP contribution is -2.13. The van der Waals surface area contributed by atoms with Crippen LogP contribution in [0.4, 0.5) is 5.69 Å². The van der Waals surface area contributed by atoms with Crippen molar-refractivity contribution in [2.45, 2.75) is 6.42 Å². The number of aromatic nitrogens is 1. The molecule has 1 aromatic heterocycles. The molecule has 0 atom stereocenters. The average molecular weight is 367 g/mol. The second-order valence-electron chi connectivity index (χ2n) is 5.17. The summed E-state index contributed by atoms with van der Waals surface area (Å²) in [7, 11) is 0. The number of nitrogens with zero attached hydrogens (tertiary/aromatic N) is 1. The van der Waals surface area contributed by atoms with Crippen molar-refractivity contribution >= 4 is 27.5 Å². The van der Waals surface area contributed by atoms with E-state index in [0.29, 0.717) is 5.56 Å². The van der Waals surface area contributed by atoms with E-state index in [-0.39, 0.29) is 5.91 Å². The number of amides is 1. The van der Waals surface area contributed by atoms with Gasteiger partial charge in [-0.3, -0.25) is 9.78 Å². The number of carbonyl (C=O) groups excluding carboxylic acids is 1. The first-order valence-electron chi connectivity index (χ1n) is 7.26. The van der Waals surface area contributed by atoms with Gasteiger partial charge in [-0.05, 0) is 45.6 Å². The predicted molar refractivity (Wildman–Crippen MR) is 95.6 cm³/mol. The Labute approximate surface area is 143 Å². The Morgan fingerprint density at radius 1 is 1.00 bits per heavy atom. The molecule has 1 N–H and O–H groups in total. The van der Waals surface area contributed by atoms with Gasteiger partial charge in [0.15, 0.2) is 0 Å². The van der Waals surface area contributed by atoms with Crippen molar-refractivity contribution in [3.63, 3.8) is 0 Å². The van der Waals surface area contributed by atoms with Gasteiger partial charge in [-0.2, -0.15) is 0 Å². The maximum Gasteiger partial charge on any atom is 0.257 e. The van der Waals surface area contributed by atoms with Gasteiger partial charge < -0.3 is 5.32 Å². The van der Waals surface area contributed by atoms with Gasteiger partial charge in [-0.15, -0.1) is 0 Å². The molecule has 114 valence electrons. The predicted octanol–water partition coefficient (Wildman–Crippen LogP) is 4.69. The van der Waals surface area contributed by atoms with Crippen LogP contribution in [-0.4, -0.2) is 10.9 Å². The molecule has 0 aliphatic heterocycles. The van der Waals surface area contributed by atoms with Gasteiger partial charge in [0, 0.05) is 22.6 Å². The van der Waals surface area contributed by atoms with Crippen LogP contribution in [0.3, 0.4) is 0 Å². The molecule has 0 saturated heterocycles. The summed E-state index contributed by atoms with van der Waals surface area (Å²) in [4.78, 5) is 16.4. The molecule has 2 aromatic carbocycles. The normalized spacial score (nSPS) is 10.3. The minimum atomic E-state index is -0.167. The topological polar surface area (TPSA) is 42.0 Å². The Morgan fingerprint density at radius 3 is 2.52 bits per heavy atom. The molecule has 1 heterocycles. The summed E-state index contributed by atoms with van der Waals surface area (Å²) < 4.78 is 0.780. The Balaban J connectivity index is 1.82. The lowest BCUT2D eigenvalue weighted by atomic mass is 10.0. The number of hydrogen-bond acceptors (Lipinski definition) is 2. The van der Waals surface area contributed by atoms with Crippen LogP contribution in [0.15, 0.2) is 77.5 Å². The summed E-state index contributed by atoms with van der Waals surface area (Å²) in [6.45, 7) is 0. The number of para-hydroxylation sites is 1. The van der Waals surface area contributed by atoms with E-state index in [4.69, 9.17) is 0 Å². The van der Waals surface area contributed by atoms with Crippen LogP contribution in [0, 0.1) is 0 Å². The molecule has 0 spiro atoms. The van der Waals surface area contributed by atoms with Crippen molar-refractivity contribution < 1.29 is 4.79 Å². The van der Waals surface area contributed by atoms with Crippen molar-refractivity contribution in [2.75, 3.05) is 5.32 Å². The lowest BCUT2D eigenvalue weighted by Gasteiger charge is -2.11. The zero-order chi connectivity index (χ0) is 16.1. The summed E-state index contributed by atoms with van der Waals surface area (Å²) in [5.41, 5.74) is 3.63. The molecule has 0 aliphatic rings. The summed E-state index contributed by atoms with van der Waals surface area (Å²) in [5.74, 6) is -0.167. The summed E-state index contributed by atoms with van der Waals surface area (Å²) in [5, 5.41) is 2.97. The third-order valence-corrected chi connectivity index (χ3v) is 3.90. The monoisotopic (exact) mass is 366 g/mol. The molecule has 0 aliphatic carbocycles. The second-order valence-corrected chi connectivity index (χ2v) is 6.08. The van der Waals surface area contributed by atoms with Gasteiger partial charge >= 0.3 is 0 Å². The minimum Gasteiger partial charge on any atom is -0.322 e. The standard InChI is InChI=1S/C19H15BrN2O/c20-17-11-16(12-21-13-17)19(23)22-18-9-5-4-8-15(18)10-14-6-2-1-3-7-14/h1-9,11-13H,10H2,(H,22,23). The Kier molecular flexibility index (Phi) is 4.83. The van der Waals surface area contributed by atoms with Crippen LogP contribution in [-0.2, 0) is 6.42 Å². The fourth-order valence-electron chi connectivity index (χ4n) is 2.34. The van der Waals surface area contributed by atoms with Gasteiger partial charge in [0.2, 0.25) is 0 Å². The Morgan fingerprint density at radius 2 is 1.74 bits per heavy atom. The van der Waals surface area contributed by atoms with Crippen LogP contribution in [0.1, 0.15) is 21.5 Å². The maximum atomic E-state index is 12.4. The highest BCUT2D eigenvalue weighted by Gasteiger charge is 2.10. The number of benzene rings is 2. The molecule has 3 rings (SSSR count). The summed E-state index contributed by atoms with van der Waals surface area (Å²) in [6, 6.07) is 19.8. The number of anilines is 1. The molecule has 0 radical (unpaired) electrons. The van der Waals surface area contributed by atoms with E-state index >= 15 is 0 Å². The molecule has 23 heavy (non-hydrogen) atoms. The second kappa shape index (κ2) is 7.20. The highest BCUT2D eigenvalue weighted by atomic mass is 79.9. The number of nitrogens with one attached hydrogen (secondary N) is 1. The first-order valence-corrected chi connectivity index (χ1v) is 8.05. The third-order valence-electron chi connectivity index (χ3n) is 3.47. The molecule has 1 amide bonds. The van der Waals surface area contributed by atoms with Crippen LogP contribution < -0.4 is 5.32 Å². The molecule has 4 heteroatoms. The molecular weight excluding hydrogens is 352 g/mol. The van der Waals surface area contributed by atoms with E-state index in [1.807, 2.05) is 42.5 Å². The highest BCUT2D eigenvalue weighted by Crippen LogP contribution is 2.20. The largest absolute Gasteiger partial charge is 0.322 e.